The molecule has 0 aliphatic carbocycles. The molecule has 0 fully saturated rings. The standard InChI is InChI=1S/C12H10FNO2/c1-16-11(15)7-10-12-8(5-6-14-10)3-2-4-9(12)13/h2-6H,7H2,1H3. The molecule has 0 atom stereocenters. The van der Waals surface area contributed by atoms with Gasteiger partial charge in [-0.05, 0) is 17.5 Å². The van der Waals surface area contributed by atoms with Crippen LogP contribution in [0.5, 0.6) is 0 Å². The minimum absolute atomic E-state index is 0.0191. The maximum Gasteiger partial charge on any atom is 0.311 e. The second-order valence-corrected chi connectivity index (χ2v) is 3.35. The summed E-state index contributed by atoms with van der Waals surface area (Å²) in [6, 6.07) is 6.46. The van der Waals surface area contributed by atoms with Gasteiger partial charge in [-0.1, -0.05) is 12.1 Å². The number of benzene rings is 1. The van der Waals surface area contributed by atoms with Crippen molar-refractivity contribution >= 4 is 16.7 Å². The van der Waals surface area contributed by atoms with Gasteiger partial charge in [-0.25, -0.2) is 4.39 Å². The summed E-state index contributed by atoms with van der Waals surface area (Å²) in [5, 5.41) is 1.12. The molecule has 0 N–H and O–H groups in total. The molecule has 4 heteroatoms. The van der Waals surface area contributed by atoms with Crippen molar-refractivity contribution in [2.75, 3.05) is 7.11 Å². The lowest BCUT2D eigenvalue weighted by molar-refractivity contribution is -0.139. The van der Waals surface area contributed by atoms with Crippen molar-refractivity contribution in [1.29, 1.82) is 0 Å². The molecule has 0 saturated heterocycles. The van der Waals surface area contributed by atoms with Crippen molar-refractivity contribution in [3.8, 4) is 0 Å². The molecule has 0 amide bonds. The molecular formula is C12H10FNO2. The molecule has 1 aromatic carbocycles. The molecule has 82 valence electrons. The quantitative estimate of drug-likeness (QED) is 0.726. The van der Waals surface area contributed by atoms with Crippen LogP contribution in [0.1, 0.15) is 5.69 Å². The third kappa shape index (κ3) is 1.86. The number of carbonyl (C=O) groups is 1. The number of halogens is 1. The predicted octanol–water partition coefficient (Wildman–Crippen LogP) is 2.09. The van der Waals surface area contributed by atoms with Crippen molar-refractivity contribution < 1.29 is 13.9 Å². The number of carbonyl (C=O) groups excluding carboxylic acids is 1. The zero-order valence-corrected chi connectivity index (χ0v) is 8.74. The van der Waals surface area contributed by atoms with Crippen LogP contribution in [0.4, 0.5) is 4.39 Å². The van der Waals surface area contributed by atoms with Crippen LogP contribution in [0, 0.1) is 5.82 Å². The fraction of sp³-hybridized carbons (Fsp3) is 0.167. The molecule has 2 rings (SSSR count). The van der Waals surface area contributed by atoms with Crippen molar-refractivity contribution in [2.45, 2.75) is 6.42 Å². The van der Waals surface area contributed by atoms with Crippen LogP contribution in [-0.2, 0) is 16.0 Å². The summed E-state index contributed by atoms with van der Waals surface area (Å²) < 4.78 is 18.2. The van der Waals surface area contributed by atoms with E-state index in [4.69, 9.17) is 0 Å². The van der Waals surface area contributed by atoms with Crippen LogP contribution >= 0.6 is 0 Å². The van der Waals surface area contributed by atoms with Gasteiger partial charge in [0.15, 0.2) is 0 Å². The zero-order chi connectivity index (χ0) is 11.5. The number of nitrogens with zero attached hydrogens (tertiary/aromatic N) is 1. The molecule has 2 aromatic rings. The number of methoxy groups -OCH3 is 1. The van der Waals surface area contributed by atoms with E-state index in [1.165, 1.54) is 13.2 Å². The zero-order valence-electron chi connectivity index (χ0n) is 8.74. The number of fused-ring (bicyclic) bond motifs is 1. The Labute approximate surface area is 91.9 Å². The number of hydrogen-bond donors (Lipinski definition) is 0. The van der Waals surface area contributed by atoms with E-state index in [1.54, 1.807) is 24.4 Å². The largest absolute Gasteiger partial charge is 0.469 e. The van der Waals surface area contributed by atoms with E-state index >= 15 is 0 Å². The highest BCUT2D eigenvalue weighted by molar-refractivity contribution is 5.88. The van der Waals surface area contributed by atoms with Gasteiger partial charge in [0.25, 0.3) is 0 Å². The molecular weight excluding hydrogens is 209 g/mol. The first-order chi connectivity index (χ1) is 7.72. The molecule has 0 saturated carbocycles. The van der Waals surface area contributed by atoms with E-state index < -0.39 is 5.97 Å². The van der Waals surface area contributed by atoms with Gasteiger partial charge >= 0.3 is 5.97 Å². The summed E-state index contributed by atoms with van der Waals surface area (Å²) in [5.74, 6) is -0.798. The molecule has 16 heavy (non-hydrogen) atoms. The Balaban J connectivity index is 2.56. The molecule has 0 bridgehead atoms. The van der Waals surface area contributed by atoms with Crippen LogP contribution in [0.25, 0.3) is 10.8 Å². The maximum absolute atomic E-state index is 13.6. The number of esters is 1. The van der Waals surface area contributed by atoms with Gasteiger partial charge in [0.2, 0.25) is 0 Å². The molecule has 0 spiro atoms. The Bertz CT molecular complexity index is 534. The SMILES string of the molecule is COC(=O)Cc1nccc2cccc(F)c12. The Morgan fingerprint density at radius 1 is 1.44 bits per heavy atom. The molecule has 0 unspecified atom stereocenters. The van der Waals surface area contributed by atoms with E-state index in [2.05, 4.69) is 9.72 Å². The molecule has 3 nitrogen and oxygen atoms in total. The number of rotatable bonds is 2. The van der Waals surface area contributed by atoms with Gasteiger partial charge in [-0.2, -0.15) is 0 Å². The van der Waals surface area contributed by atoms with Gasteiger partial charge in [0, 0.05) is 11.6 Å². The first-order valence-corrected chi connectivity index (χ1v) is 4.81. The van der Waals surface area contributed by atoms with Crippen molar-refractivity contribution in [2.24, 2.45) is 0 Å². The highest BCUT2D eigenvalue weighted by Gasteiger charge is 2.11. The Hall–Kier alpha value is -1.97. The highest BCUT2D eigenvalue weighted by atomic mass is 19.1. The second-order valence-electron chi connectivity index (χ2n) is 3.35. The van der Waals surface area contributed by atoms with Crippen molar-refractivity contribution in [3.05, 3.63) is 42.0 Å². The van der Waals surface area contributed by atoms with E-state index in [-0.39, 0.29) is 12.2 Å². The maximum atomic E-state index is 13.6. The predicted molar refractivity (Wildman–Crippen MR) is 57.4 cm³/mol. The summed E-state index contributed by atoms with van der Waals surface area (Å²) in [6.45, 7) is 0. The summed E-state index contributed by atoms with van der Waals surface area (Å²) in [5.41, 5.74) is 0.405. The third-order valence-electron chi connectivity index (χ3n) is 2.36. The van der Waals surface area contributed by atoms with Crippen LogP contribution < -0.4 is 0 Å². The van der Waals surface area contributed by atoms with Crippen LogP contribution in [-0.4, -0.2) is 18.1 Å². The van der Waals surface area contributed by atoms with E-state index in [9.17, 15) is 9.18 Å². The number of ether oxygens (including phenoxy) is 1. The number of hydrogen-bond acceptors (Lipinski definition) is 3. The van der Waals surface area contributed by atoms with Crippen LogP contribution in [0.3, 0.4) is 0 Å². The lowest BCUT2D eigenvalue weighted by Crippen LogP contribution is -2.07. The van der Waals surface area contributed by atoms with Crippen molar-refractivity contribution in [1.82, 2.24) is 4.98 Å². The minimum atomic E-state index is -0.428. The lowest BCUT2D eigenvalue weighted by atomic mass is 10.1. The summed E-state index contributed by atoms with van der Waals surface area (Å²) in [4.78, 5) is 15.2. The molecule has 1 heterocycles. The van der Waals surface area contributed by atoms with Crippen molar-refractivity contribution in [3.63, 3.8) is 0 Å². The fourth-order valence-corrected chi connectivity index (χ4v) is 1.60. The second kappa shape index (κ2) is 4.26. The van der Waals surface area contributed by atoms with Crippen LogP contribution in [0.15, 0.2) is 30.5 Å². The monoisotopic (exact) mass is 219 g/mol. The Morgan fingerprint density at radius 2 is 2.25 bits per heavy atom. The topological polar surface area (TPSA) is 39.2 Å². The summed E-state index contributed by atoms with van der Waals surface area (Å²) in [7, 11) is 1.30. The van der Waals surface area contributed by atoms with Gasteiger partial charge < -0.3 is 4.74 Å². The highest BCUT2D eigenvalue weighted by Crippen LogP contribution is 2.20. The molecule has 0 aliphatic heterocycles. The number of aromatic nitrogens is 1. The van der Waals surface area contributed by atoms with Gasteiger partial charge in [-0.3, -0.25) is 9.78 Å². The fourth-order valence-electron chi connectivity index (χ4n) is 1.60. The van der Waals surface area contributed by atoms with Gasteiger partial charge in [0.1, 0.15) is 5.82 Å². The molecule has 0 radical (unpaired) electrons. The lowest BCUT2D eigenvalue weighted by Gasteiger charge is -2.05. The Kier molecular flexibility index (Phi) is 2.81. The normalized spacial score (nSPS) is 10.4. The van der Waals surface area contributed by atoms with E-state index in [1.807, 2.05) is 0 Å². The number of pyridine rings is 1. The average Bonchev–Trinajstić information content (AvgIpc) is 2.29. The summed E-state index contributed by atoms with van der Waals surface area (Å²) >= 11 is 0. The smallest absolute Gasteiger partial charge is 0.311 e. The summed E-state index contributed by atoms with van der Waals surface area (Å²) in [6.07, 6.45) is 1.54. The third-order valence-corrected chi connectivity index (χ3v) is 2.36. The molecule has 0 aliphatic rings. The first kappa shape index (κ1) is 10.5. The van der Waals surface area contributed by atoms with E-state index in [0.717, 1.165) is 5.39 Å². The van der Waals surface area contributed by atoms with Gasteiger partial charge in [-0.15, -0.1) is 0 Å². The molecule has 1 aromatic heterocycles. The van der Waals surface area contributed by atoms with Gasteiger partial charge in [0.05, 0.1) is 19.2 Å². The minimum Gasteiger partial charge on any atom is -0.469 e. The first-order valence-electron chi connectivity index (χ1n) is 4.81. The average molecular weight is 219 g/mol. The van der Waals surface area contributed by atoms with Crippen LogP contribution in [0.2, 0.25) is 0 Å². The van der Waals surface area contributed by atoms with E-state index in [0.29, 0.717) is 11.1 Å². The Morgan fingerprint density at radius 3 is 3.00 bits per heavy atom.